The van der Waals surface area contributed by atoms with Gasteiger partial charge in [0, 0.05) is 18.9 Å². The average molecular weight is 694 g/mol. The highest BCUT2D eigenvalue weighted by molar-refractivity contribution is 5.86. The van der Waals surface area contributed by atoms with Gasteiger partial charge in [0.1, 0.15) is 18.8 Å². The van der Waals surface area contributed by atoms with Crippen LogP contribution in [0.1, 0.15) is 67.2 Å². The lowest BCUT2D eigenvalue weighted by Crippen LogP contribution is -2.44. The number of rotatable bonds is 17. The number of carbonyl (C=O) groups is 4. The number of benzene rings is 3. The Labute approximate surface area is 299 Å². The standard InChI is InChI=1S/C41H47N3O7/c1-3-5-22-36(43-41(49)50-27-35-33-20-11-9-18-31(33)32-19-10-12-21-34(32)35)40(48)51-37(28-15-7-6-8-16-28)25-42-39(47)29(14-4-2)24-38(46)44-23-13-17-30(44)26-45/h3-4,6-12,15-16,18-21,29-30,35-37,45H,1-2,5,13-14,17,22-27H2,(H,42,47)(H,43,49). The Morgan fingerprint density at radius 1 is 0.922 bits per heavy atom. The summed E-state index contributed by atoms with van der Waals surface area (Å²) in [6.07, 6.45) is 4.08. The second-order valence-electron chi connectivity index (χ2n) is 13.0. The molecule has 3 aromatic rings. The minimum Gasteiger partial charge on any atom is -0.454 e. The Kier molecular flexibility index (Phi) is 13.2. The molecular weight excluding hydrogens is 646 g/mol. The summed E-state index contributed by atoms with van der Waals surface area (Å²) < 4.78 is 11.7. The first kappa shape index (κ1) is 37.0. The topological polar surface area (TPSA) is 134 Å². The summed E-state index contributed by atoms with van der Waals surface area (Å²) in [5.41, 5.74) is 5.02. The zero-order chi connectivity index (χ0) is 36.2. The first-order valence-corrected chi connectivity index (χ1v) is 17.6. The summed E-state index contributed by atoms with van der Waals surface area (Å²) in [5, 5.41) is 15.2. The molecule has 0 radical (unpaired) electrons. The molecule has 268 valence electrons. The maximum atomic E-state index is 13.7. The van der Waals surface area contributed by atoms with Gasteiger partial charge < -0.3 is 30.1 Å². The first-order chi connectivity index (χ1) is 24.8. The van der Waals surface area contributed by atoms with Gasteiger partial charge in [0.05, 0.1) is 25.1 Å². The number of amides is 3. The predicted molar refractivity (Wildman–Crippen MR) is 194 cm³/mol. The number of nitrogens with one attached hydrogen (secondary N) is 2. The molecule has 1 aliphatic heterocycles. The fourth-order valence-corrected chi connectivity index (χ4v) is 6.94. The van der Waals surface area contributed by atoms with Crippen molar-refractivity contribution in [1.29, 1.82) is 0 Å². The summed E-state index contributed by atoms with van der Waals surface area (Å²) in [7, 11) is 0. The van der Waals surface area contributed by atoms with Crippen LogP contribution >= 0.6 is 0 Å². The fraction of sp³-hybridized carbons (Fsp3) is 0.366. The third-order valence-corrected chi connectivity index (χ3v) is 9.62. The summed E-state index contributed by atoms with van der Waals surface area (Å²) in [6, 6.07) is 23.8. The van der Waals surface area contributed by atoms with Crippen LogP contribution in [0.4, 0.5) is 4.79 Å². The number of ether oxygens (including phenoxy) is 2. The number of aliphatic hydroxyl groups is 1. The second-order valence-corrected chi connectivity index (χ2v) is 13.0. The van der Waals surface area contributed by atoms with Gasteiger partial charge in [-0.05, 0) is 59.9 Å². The molecule has 0 bridgehead atoms. The molecule has 2 aliphatic rings. The number of carbonyl (C=O) groups excluding carboxylic acids is 4. The van der Waals surface area contributed by atoms with Gasteiger partial charge in [-0.25, -0.2) is 9.59 Å². The molecule has 3 N–H and O–H groups in total. The van der Waals surface area contributed by atoms with Crippen LogP contribution in [0.15, 0.2) is 104 Å². The van der Waals surface area contributed by atoms with Gasteiger partial charge in [-0.15, -0.1) is 13.2 Å². The van der Waals surface area contributed by atoms with Crippen LogP contribution in [0.25, 0.3) is 11.1 Å². The van der Waals surface area contributed by atoms with Crippen LogP contribution in [0.3, 0.4) is 0 Å². The normalized spacial score (nSPS) is 16.6. The third kappa shape index (κ3) is 9.32. The minimum absolute atomic E-state index is 0.0299. The van der Waals surface area contributed by atoms with Crippen molar-refractivity contribution in [2.75, 3.05) is 26.3 Å². The summed E-state index contributed by atoms with van der Waals surface area (Å²) >= 11 is 0. The van der Waals surface area contributed by atoms with E-state index in [4.69, 9.17) is 9.47 Å². The zero-order valence-electron chi connectivity index (χ0n) is 28.9. The van der Waals surface area contributed by atoms with Crippen LogP contribution in [-0.2, 0) is 23.9 Å². The number of allylic oxidation sites excluding steroid dienone is 2. The number of hydrogen-bond acceptors (Lipinski definition) is 7. The van der Waals surface area contributed by atoms with E-state index in [-0.39, 0.29) is 62.8 Å². The monoisotopic (exact) mass is 693 g/mol. The van der Waals surface area contributed by atoms with Gasteiger partial charge in [-0.3, -0.25) is 9.59 Å². The molecule has 0 aromatic heterocycles. The molecule has 1 heterocycles. The van der Waals surface area contributed by atoms with E-state index in [1.807, 2.05) is 42.5 Å². The molecule has 1 fully saturated rings. The van der Waals surface area contributed by atoms with Gasteiger partial charge in [0.25, 0.3) is 0 Å². The lowest BCUT2D eigenvalue weighted by molar-refractivity contribution is -0.152. The van der Waals surface area contributed by atoms with Gasteiger partial charge in [0.15, 0.2) is 0 Å². The Bertz CT molecular complexity index is 1650. The van der Waals surface area contributed by atoms with E-state index in [9.17, 15) is 24.3 Å². The second kappa shape index (κ2) is 18.1. The van der Waals surface area contributed by atoms with E-state index < -0.39 is 30.1 Å². The Hall–Kier alpha value is -5.22. The molecule has 3 amide bonds. The largest absolute Gasteiger partial charge is 0.454 e. The van der Waals surface area contributed by atoms with Crippen LogP contribution in [0, 0.1) is 5.92 Å². The van der Waals surface area contributed by atoms with Crippen molar-refractivity contribution < 1.29 is 33.8 Å². The number of likely N-dealkylation sites (tertiary alicyclic amines) is 1. The molecule has 0 saturated carbocycles. The van der Waals surface area contributed by atoms with E-state index in [1.54, 1.807) is 41.3 Å². The summed E-state index contributed by atoms with van der Waals surface area (Å²) in [5.74, 6) is -2.07. The molecule has 0 spiro atoms. The van der Waals surface area contributed by atoms with Gasteiger partial charge in [-0.2, -0.15) is 0 Å². The number of nitrogens with zero attached hydrogens (tertiary/aromatic N) is 1. The number of aliphatic hydroxyl groups excluding tert-OH is 1. The quantitative estimate of drug-likeness (QED) is 0.120. The van der Waals surface area contributed by atoms with Crippen LogP contribution in [0.5, 0.6) is 0 Å². The van der Waals surface area contributed by atoms with Crippen molar-refractivity contribution >= 4 is 23.9 Å². The van der Waals surface area contributed by atoms with Gasteiger partial charge in [0.2, 0.25) is 11.8 Å². The lowest BCUT2D eigenvalue weighted by atomic mass is 9.98. The van der Waals surface area contributed by atoms with Crippen LogP contribution in [-0.4, -0.2) is 72.3 Å². The predicted octanol–water partition coefficient (Wildman–Crippen LogP) is 5.83. The molecule has 51 heavy (non-hydrogen) atoms. The minimum atomic E-state index is -1.04. The number of alkyl carbamates (subject to hydrolysis) is 1. The Morgan fingerprint density at radius 2 is 1.59 bits per heavy atom. The zero-order valence-corrected chi connectivity index (χ0v) is 28.9. The van der Waals surface area contributed by atoms with E-state index in [0.29, 0.717) is 18.5 Å². The Morgan fingerprint density at radius 3 is 2.24 bits per heavy atom. The summed E-state index contributed by atoms with van der Waals surface area (Å²) in [6.45, 7) is 7.99. The maximum Gasteiger partial charge on any atom is 0.407 e. The molecule has 1 saturated heterocycles. The molecule has 3 aromatic carbocycles. The van der Waals surface area contributed by atoms with Crippen molar-refractivity contribution in [2.45, 2.75) is 62.6 Å². The number of fused-ring (bicyclic) bond motifs is 3. The van der Waals surface area contributed by atoms with E-state index in [0.717, 1.165) is 35.1 Å². The molecule has 4 unspecified atom stereocenters. The fourth-order valence-electron chi connectivity index (χ4n) is 6.94. The molecule has 5 rings (SSSR count). The molecule has 1 aliphatic carbocycles. The smallest absolute Gasteiger partial charge is 0.407 e. The van der Waals surface area contributed by atoms with Crippen molar-refractivity contribution in [3.05, 3.63) is 121 Å². The molecule has 4 atom stereocenters. The van der Waals surface area contributed by atoms with Gasteiger partial charge in [-0.1, -0.05) is 91.0 Å². The highest BCUT2D eigenvalue weighted by Crippen LogP contribution is 2.44. The highest BCUT2D eigenvalue weighted by Gasteiger charge is 2.33. The van der Waals surface area contributed by atoms with E-state index in [2.05, 4.69) is 35.9 Å². The SMILES string of the molecule is C=CCCC(NC(=O)OCC1c2ccccc2-c2ccccc21)C(=O)OC(CNC(=O)C(CC=C)CC(=O)N1CCCC1CO)c1ccccc1. The van der Waals surface area contributed by atoms with Crippen LogP contribution in [0.2, 0.25) is 0 Å². The maximum absolute atomic E-state index is 13.7. The number of esters is 1. The van der Waals surface area contributed by atoms with E-state index >= 15 is 0 Å². The third-order valence-electron chi connectivity index (χ3n) is 9.62. The van der Waals surface area contributed by atoms with Crippen molar-refractivity contribution in [2.24, 2.45) is 5.92 Å². The highest BCUT2D eigenvalue weighted by atomic mass is 16.6. The van der Waals surface area contributed by atoms with Gasteiger partial charge >= 0.3 is 12.1 Å². The van der Waals surface area contributed by atoms with E-state index in [1.165, 1.54) is 0 Å². The van der Waals surface area contributed by atoms with Crippen molar-refractivity contribution in [1.82, 2.24) is 15.5 Å². The van der Waals surface area contributed by atoms with Crippen molar-refractivity contribution in [3.63, 3.8) is 0 Å². The average Bonchev–Trinajstić information content (AvgIpc) is 3.77. The number of hydrogen-bond donors (Lipinski definition) is 3. The van der Waals surface area contributed by atoms with Crippen LogP contribution < -0.4 is 10.6 Å². The molecule has 10 heteroatoms. The first-order valence-electron chi connectivity index (χ1n) is 17.6. The molecule has 10 nitrogen and oxygen atoms in total. The Balaban J connectivity index is 1.22. The van der Waals surface area contributed by atoms with Crippen molar-refractivity contribution in [3.8, 4) is 11.1 Å². The lowest BCUT2D eigenvalue weighted by Gasteiger charge is -2.26. The summed E-state index contributed by atoms with van der Waals surface area (Å²) in [4.78, 5) is 54.9. The molecular formula is C41H47N3O7.